The highest BCUT2D eigenvalue weighted by molar-refractivity contribution is 5.92. The van der Waals surface area contributed by atoms with Crippen LogP contribution in [0.1, 0.15) is 23.1 Å². The smallest absolute Gasteiger partial charge is 0.178 e. The Kier molecular flexibility index (Phi) is 2.43. The molecule has 0 bridgehead atoms. The zero-order valence-electron chi connectivity index (χ0n) is 7.42. The van der Waals surface area contributed by atoms with Crippen molar-refractivity contribution in [3.05, 3.63) is 23.5 Å². The number of carbonyl (C=O) groups is 1. The Morgan fingerprint density at radius 1 is 1.50 bits per heavy atom. The second kappa shape index (κ2) is 3.34. The van der Waals surface area contributed by atoms with Crippen LogP contribution in [-0.4, -0.2) is 17.9 Å². The summed E-state index contributed by atoms with van der Waals surface area (Å²) in [5.74, 6) is 0.629. The summed E-state index contributed by atoms with van der Waals surface area (Å²) in [5, 5.41) is 0. The quantitative estimate of drug-likeness (QED) is 0.625. The second-order valence-electron chi connectivity index (χ2n) is 2.59. The van der Waals surface area contributed by atoms with E-state index >= 15 is 0 Å². The molecule has 64 valence electrons. The van der Waals surface area contributed by atoms with Crippen LogP contribution in [0.15, 0.2) is 12.1 Å². The van der Waals surface area contributed by atoms with Crippen LogP contribution in [-0.2, 0) is 0 Å². The number of hydrogen-bond acceptors (Lipinski definition) is 3. The van der Waals surface area contributed by atoms with E-state index in [9.17, 15) is 4.79 Å². The van der Waals surface area contributed by atoms with Crippen molar-refractivity contribution in [1.82, 2.24) is 4.98 Å². The van der Waals surface area contributed by atoms with Gasteiger partial charge in [-0.2, -0.15) is 0 Å². The number of nitrogens with zero attached hydrogens (tertiary/aromatic N) is 1. The molecule has 12 heavy (non-hydrogen) atoms. The van der Waals surface area contributed by atoms with Crippen molar-refractivity contribution in [2.24, 2.45) is 0 Å². The number of Topliss-reactive ketones (excluding diaryl/α,β-unsaturated/α-hetero) is 1. The molecule has 1 heterocycles. The molecule has 0 radical (unpaired) electrons. The molecule has 0 atom stereocenters. The molecule has 1 rings (SSSR count). The van der Waals surface area contributed by atoms with Crippen LogP contribution < -0.4 is 4.74 Å². The van der Waals surface area contributed by atoms with E-state index in [0.29, 0.717) is 11.4 Å². The number of rotatable bonds is 2. The van der Waals surface area contributed by atoms with Gasteiger partial charge < -0.3 is 4.74 Å². The first kappa shape index (κ1) is 8.71. The summed E-state index contributed by atoms with van der Waals surface area (Å²) in [6.45, 7) is 3.32. The van der Waals surface area contributed by atoms with Crippen LogP contribution in [0.2, 0.25) is 0 Å². The van der Waals surface area contributed by atoms with E-state index in [0.717, 1.165) is 5.69 Å². The van der Waals surface area contributed by atoms with Crippen molar-refractivity contribution in [2.75, 3.05) is 7.11 Å². The number of ether oxygens (including phenoxy) is 1. The summed E-state index contributed by atoms with van der Waals surface area (Å²) < 4.78 is 4.99. The van der Waals surface area contributed by atoms with E-state index in [1.54, 1.807) is 19.2 Å². The first-order valence-corrected chi connectivity index (χ1v) is 3.67. The molecule has 0 saturated carbocycles. The zero-order valence-corrected chi connectivity index (χ0v) is 7.42. The van der Waals surface area contributed by atoms with Crippen LogP contribution in [0, 0.1) is 6.92 Å². The van der Waals surface area contributed by atoms with Crippen LogP contribution in [0.4, 0.5) is 0 Å². The summed E-state index contributed by atoms with van der Waals surface area (Å²) in [7, 11) is 1.57. The van der Waals surface area contributed by atoms with Gasteiger partial charge in [0.05, 0.1) is 7.11 Å². The standard InChI is InChI=1S/C9H11NO2/c1-6-4-8(12-3)5-9(10-6)7(2)11/h4-5H,1-3H3. The SMILES string of the molecule is COc1cc(C)nc(C(C)=O)c1. The predicted molar refractivity (Wildman–Crippen MR) is 45.5 cm³/mol. The number of ketones is 1. The number of pyridine rings is 1. The molecule has 0 aliphatic carbocycles. The van der Waals surface area contributed by atoms with Crippen molar-refractivity contribution in [3.8, 4) is 5.75 Å². The van der Waals surface area contributed by atoms with Gasteiger partial charge in [-0.3, -0.25) is 4.79 Å². The first-order valence-electron chi connectivity index (χ1n) is 3.67. The Morgan fingerprint density at radius 3 is 2.67 bits per heavy atom. The van der Waals surface area contributed by atoms with Gasteiger partial charge in [0.1, 0.15) is 11.4 Å². The van der Waals surface area contributed by atoms with Gasteiger partial charge in [0.25, 0.3) is 0 Å². The minimum absolute atomic E-state index is 0.0444. The van der Waals surface area contributed by atoms with Gasteiger partial charge in [-0.1, -0.05) is 0 Å². The number of methoxy groups -OCH3 is 1. The van der Waals surface area contributed by atoms with Gasteiger partial charge in [0, 0.05) is 24.8 Å². The van der Waals surface area contributed by atoms with Gasteiger partial charge in [0.2, 0.25) is 0 Å². The van der Waals surface area contributed by atoms with E-state index < -0.39 is 0 Å². The normalized spacial score (nSPS) is 9.58. The maximum absolute atomic E-state index is 10.9. The third kappa shape index (κ3) is 1.81. The average Bonchev–Trinajstić information content (AvgIpc) is 2.03. The monoisotopic (exact) mass is 165 g/mol. The van der Waals surface area contributed by atoms with Crippen molar-refractivity contribution in [1.29, 1.82) is 0 Å². The van der Waals surface area contributed by atoms with E-state index in [1.165, 1.54) is 6.92 Å². The molecule has 0 aliphatic rings. The minimum Gasteiger partial charge on any atom is -0.497 e. The van der Waals surface area contributed by atoms with Crippen molar-refractivity contribution in [2.45, 2.75) is 13.8 Å². The second-order valence-corrected chi connectivity index (χ2v) is 2.59. The Labute approximate surface area is 71.4 Å². The van der Waals surface area contributed by atoms with E-state index in [4.69, 9.17) is 4.74 Å². The molecule has 0 aromatic carbocycles. The third-order valence-electron chi connectivity index (χ3n) is 1.52. The fourth-order valence-corrected chi connectivity index (χ4v) is 0.935. The molecule has 3 heteroatoms. The highest BCUT2D eigenvalue weighted by Gasteiger charge is 2.03. The van der Waals surface area contributed by atoms with Gasteiger partial charge in [-0.25, -0.2) is 4.98 Å². The molecule has 0 amide bonds. The summed E-state index contributed by atoms with van der Waals surface area (Å²) in [4.78, 5) is 15.0. The summed E-state index contributed by atoms with van der Waals surface area (Å²) in [6, 6.07) is 3.42. The molecule has 0 spiro atoms. The lowest BCUT2D eigenvalue weighted by Gasteiger charge is -2.02. The average molecular weight is 165 g/mol. The van der Waals surface area contributed by atoms with Crippen molar-refractivity contribution >= 4 is 5.78 Å². The maximum Gasteiger partial charge on any atom is 0.178 e. The van der Waals surface area contributed by atoms with E-state index in [2.05, 4.69) is 4.98 Å². The van der Waals surface area contributed by atoms with Crippen LogP contribution in [0.5, 0.6) is 5.75 Å². The lowest BCUT2D eigenvalue weighted by molar-refractivity contribution is 0.101. The van der Waals surface area contributed by atoms with Gasteiger partial charge >= 0.3 is 0 Å². The highest BCUT2D eigenvalue weighted by atomic mass is 16.5. The number of aromatic nitrogens is 1. The molecule has 0 aliphatic heterocycles. The van der Waals surface area contributed by atoms with Gasteiger partial charge in [0.15, 0.2) is 5.78 Å². The van der Waals surface area contributed by atoms with Crippen molar-refractivity contribution in [3.63, 3.8) is 0 Å². The Bertz CT molecular complexity index is 307. The van der Waals surface area contributed by atoms with Gasteiger partial charge in [-0.15, -0.1) is 0 Å². The molecule has 1 aromatic rings. The largest absolute Gasteiger partial charge is 0.497 e. The van der Waals surface area contributed by atoms with Crippen LogP contribution in [0.3, 0.4) is 0 Å². The first-order chi connectivity index (χ1) is 5.63. The minimum atomic E-state index is -0.0444. The molecular formula is C9H11NO2. The number of carbonyl (C=O) groups excluding carboxylic acids is 1. The fourth-order valence-electron chi connectivity index (χ4n) is 0.935. The molecule has 0 unspecified atom stereocenters. The van der Waals surface area contributed by atoms with Gasteiger partial charge in [-0.05, 0) is 6.92 Å². The molecular weight excluding hydrogens is 154 g/mol. The Hall–Kier alpha value is -1.38. The molecule has 0 saturated heterocycles. The lowest BCUT2D eigenvalue weighted by atomic mass is 10.2. The number of hydrogen-bond donors (Lipinski definition) is 0. The van der Waals surface area contributed by atoms with Crippen LogP contribution >= 0.6 is 0 Å². The zero-order chi connectivity index (χ0) is 9.14. The topological polar surface area (TPSA) is 39.2 Å². The summed E-state index contributed by atoms with van der Waals surface area (Å²) >= 11 is 0. The fraction of sp³-hybridized carbons (Fsp3) is 0.333. The van der Waals surface area contributed by atoms with Crippen molar-refractivity contribution < 1.29 is 9.53 Å². The van der Waals surface area contributed by atoms with E-state index in [1.807, 2.05) is 6.92 Å². The molecule has 3 nitrogen and oxygen atoms in total. The predicted octanol–water partition coefficient (Wildman–Crippen LogP) is 1.60. The Morgan fingerprint density at radius 2 is 2.17 bits per heavy atom. The number of aryl methyl sites for hydroxylation is 1. The molecule has 0 fully saturated rings. The highest BCUT2D eigenvalue weighted by Crippen LogP contribution is 2.13. The van der Waals surface area contributed by atoms with Crippen LogP contribution in [0.25, 0.3) is 0 Å². The molecule has 0 N–H and O–H groups in total. The molecule has 1 aromatic heterocycles. The summed E-state index contributed by atoms with van der Waals surface area (Å²) in [6.07, 6.45) is 0. The van der Waals surface area contributed by atoms with E-state index in [-0.39, 0.29) is 5.78 Å². The summed E-state index contributed by atoms with van der Waals surface area (Å²) in [5.41, 5.74) is 1.24. The lowest BCUT2D eigenvalue weighted by Crippen LogP contribution is -1.99. The Balaban J connectivity index is 3.15. The maximum atomic E-state index is 10.9. The third-order valence-corrected chi connectivity index (χ3v) is 1.52.